The van der Waals surface area contributed by atoms with Gasteiger partial charge in [0, 0.05) is 10.2 Å². The molecule has 26 heavy (non-hydrogen) atoms. The second-order valence-corrected chi connectivity index (χ2v) is 7.52. The Hall–Kier alpha value is -2.18. The summed E-state index contributed by atoms with van der Waals surface area (Å²) in [5, 5.41) is 5.71. The van der Waals surface area contributed by atoms with Crippen LogP contribution in [0.5, 0.6) is 0 Å². The van der Waals surface area contributed by atoms with Crippen molar-refractivity contribution >= 4 is 39.1 Å². The molecule has 138 valence electrons. The van der Waals surface area contributed by atoms with Crippen molar-refractivity contribution in [3.05, 3.63) is 58.6 Å². The molecule has 0 saturated heterocycles. The number of anilines is 2. The Balaban J connectivity index is 1.81. The van der Waals surface area contributed by atoms with E-state index in [0.29, 0.717) is 5.92 Å². The first-order valence-corrected chi connectivity index (χ1v) is 9.40. The van der Waals surface area contributed by atoms with Crippen LogP contribution in [0.3, 0.4) is 0 Å². The third kappa shape index (κ3) is 6.28. The molecule has 6 heteroatoms. The summed E-state index contributed by atoms with van der Waals surface area (Å²) in [6.07, 6.45) is 0. The molecule has 3 N–H and O–H groups in total. The maximum absolute atomic E-state index is 12.2. The van der Waals surface area contributed by atoms with Gasteiger partial charge in [0.15, 0.2) is 13.1 Å². The van der Waals surface area contributed by atoms with Crippen LogP contribution in [-0.2, 0) is 9.59 Å². The van der Waals surface area contributed by atoms with Crippen LogP contribution in [0, 0.1) is 0 Å². The highest BCUT2D eigenvalue weighted by atomic mass is 79.9. The number of rotatable bonds is 7. The third-order valence-electron chi connectivity index (χ3n) is 3.93. The fraction of sp³-hybridized carbons (Fsp3) is 0.300. The fourth-order valence-corrected chi connectivity index (χ4v) is 2.91. The van der Waals surface area contributed by atoms with Crippen molar-refractivity contribution in [2.45, 2.75) is 19.8 Å². The predicted octanol–water partition coefficient (Wildman–Crippen LogP) is 2.66. The minimum absolute atomic E-state index is 0.117. The number of halogens is 1. The smallest absolute Gasteiger partial charge is 0.279 e. The lowest BCUT2D eigenvalue weighted by molar-refractivity contribution is -0.862. The van der Waals surface area contributed by atoms with Gasteiger partial charge in [-0.2, -0.15) is 0 Å². The van der Waals surface area contributed by atoms with Gasteiger partial charge in [0.05, 0.1) is 12.7 Å². The Morgan fingerprint density at radius 1 is 0.962 bits per heavy atom. The van der Waals surface area contributed by atoms with Crippen LogP contribution < -0.4 is 15.5 Å². The lowest BCUT2D eigenvalue weighted by Gasteiger charge is -2.14. The number of carbonyl (C=O) groups is 2. The molecule has 1 unspecified atom stereocenters. The summed E-state index contributed by atoms with van der Waals surface area (Å²) < 4.78 is 0.827. The zero-order valence-corrected chi connectivity index (χ0v) is 16.9. The molecule has 0 spiro atoms. The van der Waals surface area contributed by atoms with Gasteiger partial charge in [-0.15, -0.1) is 0 Å². The van der Waals surface area contributed by atoms with Gasteiger partial charge in [-0.1, -0.05) is 38.1 Å². The Kier molecular flexibility index (Phi) is 7.36. The van der Waals surface area contributed by atoms with Crippen molar-refractivity contribution in [3.63, 3.8) is 0 Å². The monoisotopic (exact) mass is 418 g/mol. The Bertz CT molecular complexity index is 760. The topological polar surface area (TPSA) is 62.6 Å². The molecule has 0 fully saturated rings. The maximum atomic E-state index is 12.2. The molecule has 0 aliphatic carbocycles. The number of hydrogen-bond donors (Lipinski definition) is 3. The minimum atomic E-state index is -0.136. The largest absolute Gasteiger partial charge is 0.322 e. The van der Waals surface area contributed by atoms with Crippen LogP contribution in [0.25, 0.3) is 0 Å². The third-order valence-corrected chi connectivity index (χ3v) is 4.63. The number of quaternary nitrogens is 1. The molecule has 0 heterocycles. The van der Waals surface area contributed by atoms with Gasteiger partial charge >= 0.3 is 0 Å². The average molecular weight is 419 g/mol. The zero-order valence-electron chi connectivity index (χ0n) is 15.3. The average Bonchev–Trinajstić information content (AvgIpc) is 2.57. The van der Waals surface area contributed by atoms with Gasteiger partial charge in [0.1, 0.15) is 0 Å². The number of carbonyl (C=O) groups excluding carboxylic acids is 2. The maximum Gasteiger partial charge on any atom is 0.279 e. The number of hydrogen-bond acceptors (Lipinski definition) is 2. The summed E-state index contributed by atoms with van der Waals surface area (Å²) in [4.78, 5) is 25.1. The molecule has 2 aromatic carbocycles. The molecule has 0 aliphatic heterocycles. The van der Waals surface area contributed by atoms with Gasteiger partial charge in [0.2, 0.25) is 0 Å². The van der Waals surface area contributed by atoms with Gasteiger partial charge in [0.25, 0.3) is 11.8 Å². The summed E-state index contributed by atoms with van der Waals surface area (Å²) >= 11 is 3.40. The molecule has 2 aromatic rings. The van der Waals surface area contributed by atoms with Crippen LogP contribution in [0.15, 0.2) is 53.0 Å². The van der Waals surface area contributed by atoms with E-state index in [-0.39, 0.29) is 24.9 Å². The SMILES string of the molecule is CC(C)c1ccc(NC(=O)C[NH+](C)CC(=O)Nc2ccccc2Br)cc1. The number of likely N-dealkylation sites (N-methyl/N-ethyl adjacent to an activating group) is 1. The van der Waals surface area contributed by atoms with Crippen molar-refractivity contribution < 1.29 is 14.5 Å². The molecular weight excluding hydrogens is 394 g/mol. The molecule has 0 radical (unpaired) electrons. The van der Waals surface area contributed by atoms with Gasteiger partial charge in [-0.3, -0.25) is 9.59 Å². The van der Waals surface area contributed by atoms with Crippen LogP contribution in [0.4, 0.5) is 11.4 Å². The van der Waals surface area contributed by atoms with Crippen molar-refractivity contribution in [1.82, 2.24) is 0 Å². The molecule has 2 amide bonds. The summed E-state index contributed by atoms with van der Waals surface area (Å²) in [5.74, 6) is 0.204. The molecule has 0 saturated carbocycles. The molecule has 0 aliphatic rings. The van der Waals surface area contributed by atoms with Gasteiger partial charge in [-0.25, -0.2) is 0 Å². The number of para-hydroxylation sites is 1. The van der Waals surface area contributed by atoms with E-state index in [1.165, 1.54) is 5.56 Å². The highest BCUT2D eigenvalue weighted by Gasteiger charge is 2.15. The number of amides is 2. The number of benzene rings is 2. The van der Waals surface area contributed by atoms with Crippen molar-refractivity contribution in [3.8, 4) is 0 Å². The van der Waals surface area contributed by atoms with E-state index in [4.69, 9.17) is 0 Å². The normalized spacial score (nSPS) is 11.9. The summed E-state index contributed by atoms with van der Waals surface area (Å²) in [6.45, 7) is 4.69. The second kappa shape index (κ2) is 9.50. The first-order chi connectivity index (χ1) is 12.3. The van der Waals surface area contributed by atoms with Gasteiger partial charge in [-0.05, 0) is 51.7 Å². The van der Waals surface area contributed by atoms with E-state index in [2.05, 4.69) is 40.4 Å². The quantitative estimate of drug-likeness (QED) is 0.646. The highest BCUT2D eigenvalue weighted by molar-refractivity contribution is 9.10. The molecule has 5 nitrogen and oxygen atoms in total. The Morgan fingerprint density at radius 3 is 2.12 bits per heavy atom. The summed E-state index contributed by atoms with van der Waals surface area (Å²) in [5.41, 5.74) is 2.72. The number of nitrogens with one attached hydrogen (secondary N) is 3. The van der Waals surface area contributed by atoms with E-state index in [9.17, 15) is 9.59 Å². The first-order valence-electron chi connectivity index (χ1n) is 8.60. The summed E-state index contributed by atoms with van der Waals surface area (Å²) in [7, 11) is 1.82. The lowest BCUT2D eigenvalue weighted by Crippen LogP contribution is -3.11. The van der Waals surface area contributed by atoms with Crippen LogP contribution in [-0.4, -0.2) is 32.0 Å². The Morgan fingerprint density at radius 2 is 1.54 bits per heavy atom. The van der Waals surface area contributed by atoms with Crippen LogP contribution in [0.1, 0.15) is 25.3 Å². The minimum Gasteiger partial charge on any atom is -0.322 e. The predicted molar refractivity (Wildman–Crippen MR) is 109 cm³/mol. The molecular formula is C20H25BrN3O2+. The van der Waals surface area contributed by atoms with E-state index < -0.39 is 0 Å². The van der Waals surface area contributed by atoms with E-state index in [1.807, 2.05) is 55.6 Å². The molecule has 2 rings (SSSR count). The van der Waals surface area contributed by atoms with Crippen molar-refractivity contribution in [2.75, 3.05) is 30.8 Å². The standard InChI is InChI=1S/C20H24BrN3O2/c1-14(2)15-8-10-16(11-9-15)22-19(25)12-24(3)13-20(26)23-18-7-5-4-6-17(18)21/h4-11,14H,12-13H2,1-3H3,(H,22,25)(H,23,26)/p+1. The van der Waals surface area contributed by atoms with E-state index in [1.54, 1.807) is 0 Å². The van der Waals surface area contributed by atoms with Crippen LogP contribution in [0.2, 0.25) is 0 Å². The summed E-state index contributed by atoms with van der Waals surface area (Å²) in [6, 6.07) is 15.3. The Labute approximate surface area is 162 Å². The second-order valence-electron chi connectivity index (χ2n) is 6.66. The molecule has 0 aromatic heterocycles. The van der Waals surface area contributed by atoms with Crippen molar-refractivity contribution in [2.24, 2.45) is 0 Å². The highest BCUT2D eigenvalue weighted by Crippen LogP contribution is 2.20. The molecule has 1 atom stereocenters. The zero-order chi connectivity index (χ0) is 19.1. The van der Waals surface area contributed by atoms with E-state index in [0.717, 1.165) is 20.7 Å². The van der Waals surface area contributed by atoms with Crippen LogP contribution >= 0.6 is 15.9 Å². The van der Waals surface area contributed by atoms with E-state index >= 15 is 0 Å². The lowest BCUT2D eigenvalue weighted by atomic mass is 10.0. The van der Waals surface area contributed by atoms with Crippen molar-refractivity contribution in [1.29, 1.82) is 0 Å². The fourth-order valence-electron chi connectivity index (χ4n) is 2.52. The first kappa shape index (κ1) is 20.1. The molecule has 0 bridgehead atoms. The van der Waals surface area contributed by atoms with Gasteiger partial charge < -0.3 is 15.5 Å².